The number of anilines is 1. The van der Waals surface area contributed by atoms with E-state index in [2.05, 4.69) is 21.5 Å². The number of aliphatic hydroxyl groups is 4. The summed E-state index contributed by atoms with van der Waals surface area (Å²) in [6, 6.07) is 0. The van der Waals surface area contributed by atoms with Crippen LogP contribution in [0.25, 0.3) is 6.58 Å². The fraction of sp³-hybridized carbons (Fsp3) is 0.500. The third-order valence-electron chi connectivity index (χ3n) is 3.73. The SMILES string of the molecule is C=c1nc2c(c(=O)[nH]1)=NC(C)=C(C)N2C[C@H](O)[C@H](O)[C@H](O)CO. The highest BCUT2D eigenvalue weighted by Crippen LogP contribution is 2.20. The first-order valence-corrected chi connectivity index (χ1v) is 7.04. The first-order chi connectivity index (χ1) is 10.8. The molecular weight excluding hydrogens is 304 g/mol. The average molecular weight is 324 g/mol. The molecule has 0 fully saturated rings. The molecule has 1 aliphatic heterocycles. The molecular formula is C14H20N4O5. The normalized spacial score (nSPS) is 18.3. The summed E-state index contributed by atoms with van der Waals surface area (Å²) in [5, 5.41) is 38.3. The van der Waals surface area contributed by atoms with Crippen molar-refractivity contribution in [2.75, 3.05) is 18.1 Å². The summed E-state index contributed by atoms with van der Waals surface area (Å²) in [6.07, 6.45) is -4.39. The number of allylic oxidation sites excluding steroid dienone is 2. The van der Waals surface area contributed by atoms with Gasteiger partial charge in [0.25, 0.3) is 5.56 Å². The van der Waals surface area contributed by atoms with Gasteiger partial charge in [-0.3, -0.25) is 4.79 Å². The third-order valence-corrected chi connectivity index (χ3v) is 3.73. The molecule has 2 heterocycles. The van der Waals surface area contributed by atoms with E-state index < -0.39 is 30.5 Å². The summed E-state index contributed by atoms with van der Waals surface area (Å²) in [7, 11) is 0. The van der Waals surface area contributed by atoms with Crippen molar-refractivity contribution in [2.45, 2.75) is 32.2 Å². The summed E-state index contributed by atoms with van der Waals surface area (Å²) in [4.78, 5) is 24.3. The zero-order chi connectivity index (χ0) is 17.3. The van der Waals surface area contributed by atoms with Gasteiger partial charge < -0.3 is 30.3 Å². The van der Waals surface area contributed by atoms with Gasteiger partial charge in [0.1, 0.15) is 23.8 Å². The Kier molecular flexibility index (Phi) is 4.95. The minimum atomic E-state index is -1.54. The monoisotopic (exact) mass is 324 g/mol. The van der Waals surface area contributed by atoms with Crippen LogP contribution in [0.15, 0.2) is 21.2 Å². The molecule has 0 bridgehead atoms. The topological polar surface area (TPSA) is 142 Å². The lowest BCUT2D eigenvalue weighted by molar-refractivity contribution is -0.0729. The van der Waals surface area contributed by atoms with E-state index >= 15 is 0 Å². The van der Waals surface area contributed by atoms with E-state index in [-0.39, 0.29) is 23.2 Å². The fourth-order valence-corrected chi connectivity index (χ4v) is 2.28. The lowest BCUT2D eigenvalue weighted by Gasteiger charge is -2.32. The van der Waals surface area contributed by atoms with Gasteiger partial charge in [-0.1, -0.05) is 6.58 Å². The quantitative estimate of drug-likeness (QED) is 0.387. The highest BCUT2D eigenvalue weighted by atomic mass is 16.4. The summed E-state index contributed by atoms with van der Waals surface area (Å²) in [6.45, 7) is 6.20. The van der Waals surface area contributed by atoms with Crippen molar-refractivity contribution in [1.82, 2.24) is 9.97 Å². The molecule has 0 spiro atoms. The Morgan fingerprint density at radius 1 is 1.26 bits per heavy atom. The molecule has 3 atom stereocenters. The molecule has 0 amide bonds. The Morgan fingerprint density at radius 3 is 2.52 bits per heavy atom. The van der Waals surface area contributed by atoms with Crippen molar-refractivity contribution >= 4 is 12.4 Å². The second-order valence-corrected chi connectivity index (χ2v) is 5.39. The van der Waals surface area contributed by atoms with E-state index in [1.54, 1.807) is 13.8 Å². The van der Waals surface area contributed by atoms with Crippen molar-refractivity contribution < 1.29 is 20.4 Å². The number of H-pyrrole nitrogens is 1. The number of aromatic nitrogens is 2. The van der Waals surface area contributed by atoms with E-state index in [0.29, 0.717) is 11.4 Å². The number of hydrogen-bond acceptors (Lipinski definition) is 8. The maximum atomic E-state index is 12.0. The Bertz CT molecular complexity index is 787. The molecule has 0 unspecified atom stereocenters. The molecule has 9 heteroatoms. The summed E-state index contributed by atoms with van der Waals surface area (Å²) >= 11 is 0. The fourth-order valence-electron chi connectivity index (χ4n) is 2.28. The second-order valence-electron chi connectivity index (χ2n) is 5.39. The molecule has 0 radical (unpaired) electrons. The van der Waals surface area contributed by atoms with Gasteiger partial charge in [-0.05, 0) is 13.8 Å². The van der Waals surface area contributed by atoms with Crippen molar-refractivity contribution in [3.63, 3.8) is 0 Å². The van der Waals surface area contributed by atoms with Crippen LogP contribution in [-0.2, 0) is 0 Å². The number of β-amino-alcohol motifs (C(OH)–C–C–N with tert-alkyl or cyclic N) is 1. The lowest BCUT2D eigenvalue weighted by atomic mass is 10.1. The van der Waals surface area contributed by atoms with Crippen molar-refractivity contribution in [3.05, 3.63) is 32.6 Å². The first-order valence-electron chi connectivity index (χ1n) is 7.04. The van der Waals surface area contributed by atoms with Crippen LogP contribution in [0.4, 0.5) is 5.82 Å². The molecule has 0 saturated carbocycles. The van der Waals surface area contributed by atoms with Gasteiger partial charge in [0.05, 0.1) is 18.8 Å². The van der Waals surface area contributed by atoms with E-state index in [1.165, 1.54) is 4.90 Å². The van der Waals surface area contributed by atoms with Gasteiger partial charge in [-0.15, -0.1) is 0 Å². The average Bonchev–Trinajstić information content (AvgIpc) is 2.51. The van der Waals surface area contributed by atoms with Gasteiger partial charge in [0.2, 0.25) is 0 Å². The van der Waals surface area contributed by atoms with Gasteiger partial charge in [-0.2, -0.15) is 0 Å². The number of hydrogen-bond donors (Lipinski definition) is 5. The zero-order valence-electron chi connectivity index (χ0n) is 12.9. The van der Waals surface area contributed by atoms with Crippen LogP contribution in [0.3, 0.4) is 0 Å². The number of fused-ring (bicyclic) bond motifs is 1. The van der Waals surface area contributed by atoms with Crippen LogP contribution in [-0.4, -0.2) is 61.9 Å². The summed E-state index contributed by atoms with van der Waals surface area (Å²) in [5.41, 5.74) is 0.889. The molecule has 1 aliphatic rings. The number of aromatic amines is 1. The molecule has 5 N–H and O–H groups in total. The molecule has 0 saturated heterocycles. The van der Waals surface area contributed by atoms with Crippen LogP contribution >= 0.6 is 0 Å². The van der Waals surface area contributed by atoms with Gasteiger partial charge in [0, 0.05) is 5.70 Å². The second kappa shape index (κ2) is 6.59. The van der Waals surface area contributed by atoms with Gasteiger partial charge in [0.15, 0.2) is 11.2 Å². The van der Waals surface area contributed by atoms with Crippen molar-refractivity contribution in [2.24, 2.45) is 4.99 Å². The number of nitrogens with one attached hydrogen (secondary N) is 1. The highest BCUT2D eigenvalue weighted by molar-refractivity contribution is 5.48. The minimum absolute atomic E-state index is 0.0879. The van der Waals surface area contributed by atoms with Gasteiger partial charge in [-0.25, -0.2) is 9.98 Å². The van der Waals surface area contributed by atoms with Crippen molar-refractivity contribution in [1.29, 1.82) is 0 Å². The van der Waals surface area contributed by atoms with E-state index in [4.69, 9.17) is 5.11 Å². The minimum Gasteiger partial charge on any atom is -0.394 e. The number of rotatable bonds is 5. The van der Waals surface area contributed by atoms with Crippen LogP contribution in [0.1, 0.15) is 13.8 Å². The highest BCUT2D eigenvalue weighted by Gasteiger charge is 2.29. The van der Waals surface area contributed by atoms with Crippen LogP contribution in [0.5, 0.6) is 0 Å². The Balaban J connectivity index is 2.44. The Labute approximate surface area is 131 Å². The first kappa shape index (κ1) is 17.3. The molecule has 126 valence electrons. The molecule has 23 heavy (non-hydrogen) atoms. The maximum absolute atomic E-state index is 12.0. The lowest BCUT2D eigenvalue weighted by Crippen LogP contribution is -2.50. The maximum Gasteiger partial charge on any atom is 0.279 e. The zero-order valence-corrected chi connectivity index (χ0v) is 12.9. The van der Waals surface area contributed by atoms with E-state index in [0.717, 1.165) is 0 Å². The van der Waals surface area contributed by atoms with Gasteiger partial charge >= 0.3 is 0 Å². The molecule has 1 aromatic heterocycles. The standard InChI is InChI=1S/C14H20N4O5/c1-6-7(2)18(4-9(20)12(22)10(21)5-19)13-11(15-6)14(23)17-8(3)16-13/h9-10,12,19-22H,3-5H2,1-2H3,(H,17,23)/t9-,10+,12-/m0/s1. The smallest absolute Gasteiger partial charge is 0.279 e. The van der Waals surface area contributed by atoms with E-state index in [1.807, 2.05) is 0 Å². The van der Waals surface area contributed by atoms with E-state index in [9.17, 15) is 20.1 Å². The third kappa shape index (κ3) is 3.32. The number of aliphatic hydroxyl groups excluding tert-OH is 4. The predicted octanol–water partition coefficient (Wildman–Crippen LogP) is -3.05. The predicted molar refractivity (Wildman–Crippen MR) is 82.0 cm³/mol. The Morgan fingerprint density at radius 2 is 1.91 bits per heavy atom. The van der Waals surface area contributed by atoms with Crippen molar-refractivity contribution in [3.8, 4) is 0 Å². The molecule has 1 aromatic rings. The summed E-state index contributed by atoms with van der Waals surface area (Å²) < 4.78 is 0. The molecule has 0 aliphatic carbocycles. The largest absolute Gasteiger partial charge is 0.394 e. The summed E-state index contributed by atoms with van der Waals surface area (Å²) in [5.74, 6) is 0.214. The Hall–Kier alpha value is -2.07. The number of nitrogens with zero attached hydrogens (tertiary/aromatic N) is 3. The molecule has 2 rings (SSSR count). The molecule has 9 nitrogen and oxygen atoms in total. The molecule has 0 aromatic carbocycles. The van der Waals surface area contributed by atoms with Crippen LogP contribution in [0.2, 0.25) is 0 Å². The van der Waals surface area contributed by atoms with Crippen LogP contribution in [0, 0.1) is 0 Å². The van der Waals surface area contributed by atoms with Crippen LogP contribution < -0.4 is 21.3 Å².